The van der Waals surface area contributed by atoms with Gasteiger partial charge in [-0.25, -0.2) is 0 Å². The number of benzene rings is 2. The molecule has 1 fully saturated rings. The van der Waals surface area contributed by atoms with E-state index >= 15 is 0 Å². The summed E-state index contributed by atoms with van der Waals surface area (Å²) in [6, 6.07) is 14.1. The average molecular weight is 441 g/mol. The number of carbonyl (C=O) groups is 1. The quantitative estimate of drug-likeness (QED) is 0.561. The summed E-state index contributed by atoms with van der Waals surface area (Å²) in [5, 5.41) is 2.99. The van der Waals surface area contributed by atoms with Gasteiger partial charge in [-0.1, -0.05) is 25.1 Å². The summed E-state index contributed by atoms with van der Waals surface area (Å²) in [6.07, 6.45) is 2.27. The third kappa shape index (κ3) is 6.71. The Kier molecular flexibility index (Phi) is 8.94. The summed E-state index contributed by atoms with van der Waals surface area (Å²) in [5.41, 5.74) is 2.82. The van der Waals surface area contributed by atoms with Gasteiger partial charge in [0.2, 0.25) is 0 Å². The Labute approximate surface area is 191 Å². The van der Waals surface area contributed by atoms with E-state index in [2.05, 4.69) is 31.0 Å². The molecule has 1 amide bonds. The highest BCUT2D eigenvalue weighted by Gasteiger charge is 2.17. The zero-order valence-electron chi connectivity index (χ0n) is 19.7. The maximum absolute atomic E-state index is 12.6. The van der Waals surface area contributed by atoms with Crippen molar-refractivity contribution >= 4 is 5.91 Å². The van der Waals surface area contributed by atoms with Crippen LogP contribution in [0.25, 0.3) is 0 Å². The number of rotatable bonds is 11. The number of hydrogen-bond donors (Lipinski definition) is 1. The predicted molar refractivity (Wildman–Crippen MR) is 126 cm³/mol. The zero-order chi connectivity index (χ0) is 22.9. The fraction of sp³-hybridized carbons (Fsp3) is 0.500. The molecule has 1 saturated heterocycles. The highest BCUT2D eigenvalue weighted by atomic mass is 16.5. The lowest BCUT2D eigenvalue weighted by atomic mass is 10.1. The van der Waals surface area contributed by atoms with Gasteiger partial charge >= 0.3 is 0 Å². The zero-order valence-corrected chi connectivity index (χ0v) is 19.7. The van der Waals surface area contributed by atoms with Crippen LogP contribution in [0.4, 0.5) is 0 Å². The van der Waals surface area contributed by atoms with Gasteiger partial charge in [0, 0.05) is 31.3 Å². The van der Waals surface area contributed by atoms with Crippen molar-refractivity contribution in [1.82, 2.24) is 10.2 Å². The van der Waals surface area contributed by atoms with Gasteiger partial charge in [-0.3, -0.25) is 9.69 Å². The number of ether oxygens (including phenoxy) is 3. The third-order valence-corrected chi connectivity index (χ3v) is 5.87. The molecule has 32 heavy (non-hydrogen) atoms. The van der Waals surface area contributed by atoms with Crippen molar-refractivity contribution in [3.8, 4) is 11.5 Å². The molecule has 2 aromatic carbocycles. The van der Waals surface area contributed by atoms with Crippen molar-refractivity contribution in [3.05, 3.63) is 59.2 Å². The Morgan fingerprint density at radius 2 is 1.91 bits per heavy atom. The molecule has 0 saturated carbocycles. The van der Waals surface area contributed by atoms with E-state index in [1.165, 1.54) is 5.56 Å². The lowest BCUT2D eigenvalue weighted by molar-refractivity contribution is 0.0669. The molecule has 0 spiro atoms. The summed E-state index contributed by atoms with van der Waals surface area (Å²) in [5.74, 6) is 1.26. The Balaban J connectivity index is 1.53. The molecular weight excluding hydrogens is 404 g/mol. The standard InChI is InChI=1S/C26H36N2O4/c1-5-28(19(2)3)17-20-8-11-22(12-9-20)26(29)27-16-21-10-13-24(25(15-21)30-4)32-18-23-7-6-14-31-23/h8-13,15,19,23H,5-7,14,16-18H2,1-4H3,(H,27,29). The van der Waals surface area contributed by atoms with Crippen LogP contribution >= 0.6 is 0 Å². The molecule has 1 heterocycles. The first-order valence-electron chi connectivity index (χ1n) is 11.5. The smallest absolute Gasteiger partial charge is 0.251 e. The number of nitrogens with one attached hydrogen (secondary N) is 1. The van der Waals surface area contributed by atoms with E-state index in [9.17, 15) is 4.79 Å². The average Bonchev–Trinajstić information content (AvgIpc) is 3.33. The van der Waals surface area contributed by atoms with Gasteiger partial charge in [-0.05, 0) is 68.6 Å². The van der Waals surface area contributed by atoms with Gasteiger partial charge in [0.1, 0.15) is 6.61 Å². The Hall–Kier alpha value is -2.57. The minimum absolute atomic E-state index is 0.0922. The van der Waals surface area contributed by atoms with E-state index in [-0.39, 0.29) is 12.0 Å². The Morgan fingerprint density at radius 3 is 2.53 bits per heavy atom. The summed E-state index contributed by atoms with van der Waals surface area (Å²) in [7, 11) is 1.62. The molecule has 0 aliphatic carbocycles. The molecule has 6 heteroatoms. The summed E-state index contributed by atoms with van der Waals surface area (Å²) < 4.78 is 17.0. The van der Waals surface area contributed by atoms with Crippen LogP contribution < -0.4 is 14.8 Å². The summed E-state index contributed by atoms with van der Waals surface area (Å²) in [4.78, 5) is 15.0. The number of nitrogens with zero attached hydrogens (tertiary/aromatic N) is 1. The predicted octanol–water partition coefficient (Wildman–Crippen LogP) is 4.41. The highest BCUT2D eigenvalue weighted by Crippen LogP contribution is 2.29. The minimum Gasteiger partial charge on any atom is -0.493 e. The van der Waals surface area contributed by atoms with E-state index in [1.807, 2.05) is 42.5 Å². The molecule has 0 radical (unpaired) electrons. The van der Waals surface area contributed by atoms with Gasteiger partial charge < -0.3 is 19.5 Å². The largest absolute Gasteiger partial charge is 0.493 e. The molecule has 3 rings (SSSR count). The molecule has 1 atom stereocenters. The Bertz CT molecular complexity index is 861. The number of amides is 1. The Morgan fingerprint density at radius 1 is 1.16 bits per heavy atom. The first kappa shape index (κ1) is 24.1. The van der Waals surface area contributed by atoms with Gasteiger partial charge in [-0.2, -0.15) is 0 Å². The lowest BCUT2D eigenvalue weighted by Crippen LogP contribution is -2.30. The molecule has 1 N–H and O–H groups in total. The van der Waals surface area contributed by atoms with Crippen molar-refractivity contribution in [2.24, 2.45) is 0 Å². The van der Waals surface area contributed by atoms with Crippen LogP contribution in [-0.4, -0.2) is 49.8 Å². The second-order valence-electron chi connectivity index (χ2n) is 8.47. The van der Waals surface area contributed by atoms with Crippen LogP contribution in [0.2, 0.25) is 0 Å². The summed E-state index contributed by atoms with van der Waals surface area (Å²) >= 11 is 0. The van der Waals surface area contributed by atoms with Crippen LogP contribution in [-0.2, 0) is 17.8 Å². The van der Waals surface area contributed by atoms with E-state index in [1.54, 1.807) is 7.11 Å². The van der Waals surface area contributed by atoms with Gasteiger partial charge in [0.25, 0.3) is 5.91 Å². The van der Waals surface area contributed by atoms with E-state index < -0.39 is 0 Å². The third-order valence-electron chi connectivity index (χ3n) is 5.87. The maximum Gasteiger partial charge on any atom is 0.251 e. The molecule has 1 unspecified atom stereocenters. The molecular formula is C26H36N2O4. The normalized spacial score (nSPS) is 15.9. The topological polar surface area (TPSA) is 60.0 Å². The van der Waals surface area contributed by atoms with Gasteiger partial charge in [0.05, 0.1) is 13.2 Å². The molecule has 1 aliphatic heterocycles. The fourth-order valence-corrected chi connectivity index (χ4v) is 3.84. The van der Waals surface area contributed by atoms with E-state index in [0.717, 1.165) is 38.1 Å². The number of methoxy groups -OCH3 is 1. The van der Waals surface area contributed by atoms with Gasteiger partial charge in [-0.15, -0.1) is 0 Å². The fourth-order valence-electron chi connectivity index (χ4n) is 3.84. The first-order chi connectivity index (χ1) is 15.5. The van der Waals surface area contributed by atoms with Crippen molar-refractivity contribution in [3.63, 3.8) is 0 Å². The van der Waals surface area contributed by atoms with Crippen molar-refractivity contribution < 1.29 is 19.0 Å². The highest BCUT2D eigenvalue weighted by molar-refractivity contribution is 5.94. The second kappa shape index (κ2) is 11.9. The van der Waals surface area contributed by atoms with Crippen LogP contribution in [0.15, 0.2) is 42.5 Å². The SMILES string of the molecule is CCN(Cc1ccc(C(=O)NCc2ccc(OCC3CCCO3)c(OC)c2)cc1)C(C)C. The lowest BCUT2D eigenvalue weighted by Gasteiger charge is -2.24. The maximum atomic E-state index is 12.6. The van der Waals surface area contributed by atoms with Gasteiger partial charge in [0.15, 0.2) is 11.5 Å². The van der Waals surface area contributed by atoms with E-state index in [0.29, 0.717) is 36.3 Å². The molecule has 6 nitrogen and oxygen atoms in total. The van der Waals surface area contributed by atoms with Crippen molar-refractivity contribution in [2.75, 3.05) is 26.9 Å². The number of carbonyl (C=O) groups excluding carboxylic acids is 1. The monoisotopic (exact) mass is 440 g/mol. The molecule has 174 valence electrons. The molecule has 0 aromatic heterocycles. The van der Waals surface area contributed by atoms with Crippen LogP contribution in [0.5, 0.6) is 11.5 Å². The minimum atomic E-state index is -0.0922. The van der Waals surface area contributed by atoms with Crippen LogP contribution in [0.1, 0.15) is 55.1 Å². The van der Waals surface area contributed by atoms with Crippen LogP contribution in [0.3, 0.4) is 0 Å². The van der Waals surface area contributed by atoms with E-state index in [4.69, 9.17) is 14.2 Å². The van der Waals surface area contributed by atoms with Crippen molar-refractivity contribution in [1.29, 1.82) is 0 Å². The first-order valence-corrected chi connectivity index (χ1v) is 11.5. The molecule has 0 bridgehead atoms. The number of hydrogen-bond acceptors (Lipinski definition) is 5. The molecule has 2 aromatic rings. The molecule has 1 aliphatic rings. The summed E-state index contributed by atoms with van der Waals surface area (Å²) in [6.45, 7) is 10.2. The second-order valence-corrected chi connectivity index (χ2v) is 8.47. The van der Waals surface area contributed by atoms with Crippen LogP contribution in [0, 0.1) is 0 Å². The van der Waals surface area contributed by atoms with Crippen molar-refractivity contribution in [2.45, 2.75) is 58.8 Å².